The normalized spacial score (nSPS) is 12.3. The van der Waals surface area contributed by atoms with Crippen molar-refractivity contribution in [1.29, 1.82) is 0 Å². The van der Waals surface area contributed by atoms with Gasteiger partial charge in [0.05, 0.1) is 0 Å². The second-order valence-electron chi connectivity index (χ2n) is 22.4. The molecule has 6 heteroatoms. The number of hydrogen-bond donors (Lipinski definition) is 0. The summed E-state index contributed by atoms with van der Waals surface area (Å²) in [5.74, 6) is -0.841. The highest BCUT2D eigenvalue weighted by molar-refractivity contribution is 5.71. The van der Waals surface area contributed by atoms with E-state index in [9.17, 15) is 14.4 Å². The van der Waals surface area contributed by atoms with Gasteiger partial charge in [-0.1, -0.05) is 326 Å². The van der Waals surface area contributed by atoms with E-state index in [1.165, 1.54) is 231 Å². The lowest BCUT2D eigenvalue weighted by Crippen LogP contribution is -2.30. The van der Waals surface area contributed by atoms with Gasteiger partial charge in [-0.05, 0) is 57.8 Å². The van der Waals surface area contributed by atoms with Crippen LogP contribution < -0.4 is 0 Å². The number of esters is 3. The summed E-state index contributed by atoms with van der Waals surface area (Å²) in [6.45, 7) is 6.58. The van der Waals surface area contributed by atoms with Gasteiger partial charge < -0.3 is 14.2 Å². The Morgan fingerprint density at radius 2 is 0.520 bits per heavy atom. The summed E-state index contributed by atoms with van der Waals surface area (Å²) in [5.41, 5.74) is 0. The lowest BCUT2D eigenvalue weighted by atomic mass is 10.0. The second kappa shape index (κ2) is 63.9. The fraction of sp³-hybridized carbons (Fsp3) is 0.841. The van der Waals surface area contributed by atoms with Crippen LogP contribution in [0.5, 0.6) is 0 Å². The van der Waals surface area contributed by atoms with Crippen molar-refractivity contribution in [1.82, 2.24) is 0 Å². The van der Waals surface area contributed by atoms with E-state index < -0.39 is 6.10 Å². The van der Waals surface area contributed by atoms with E-state index in [0.29, 0.717) is 19.3 Å². The molecule has 75 heavy (non-hydrogen) atoms. The standard InChI is InChI=1S/C69H126O6/c1-4-7-10-13-16-19-22-24-26-28-29-30-31-32-33-34-35-36-37-38-39-41-42-44-47-50-53-56-59-62-68(71)74-65-66(64-73-67(70)61-58-55-52-49-46-21-18-15-12-9-6-3)75-69(72)63-60-57-54-51-48-45-43-40-27-25-23-20-17-14-11-8-5-2/h7,10,16,19,24,26,29-30,66H,4-6,8-9,11-15,17-18,20-23,25,27-28,31-65H2,1-3H3/b10-7-,19-16-,26-24-,30-29-. The smallest absolute Gasteiger partial charge is 0.306 e. The summed E-state index contributed by atoms with van der Waals surface area (Å²) in [6.07, 6.45) is 79.9. The van der Waals surface area contributed by atoms with Crippen LogP contribution in [0.1, 0.15) is 355 Å². The first-order valence-electron chi connectivity index (χ1n) is 33.1. The van der Waals surface area contributed by atoms with Crippen LogP contribution in [-0.4, -0.2) is 37.2 Å². The molecule has 0 amide bonds. The molecule has 0 aromatic heterocycles. The Bertz CT molecular complexity index is 1300. The molecule has 0 saturated carbocycles. The maximum atomic E-state index is 12.9. The first kappa shape index (κ1) is 72.4. The number of unbranched alkanes of at least 4 members (excludes halogenated alkanes) is 42. The molecular formula is C69H126O6. The highest BCUT2D eigenvalue weighted by atomic mass is 16.6. The minimum atomic E-state index is -0.767. The zero-order chi connectivity index (χ0) is 54.3. The van der Waals surface area contributed by atoms with Crippen LogP contribution >= 0.6 is 0 Å². The molecule has 0 radical (unpaired) electrons. The second-order valence-corrected chi connectivity index (χ2v) is 22.4. The van der Waals surface area contributed by atoms with Crippen molar-refractivity contribution in [2.45, 2.75) is 361 Å². The van der Waals surface area contributed by atoms with Gasteiger partial charge in [0.1, 0.15) is 13.2 Å². The van der Waals surface area contributed by atoms with Crippen LogP contribution in [-0.2, 0) is 28.6 Å². The number of hydrogen-bond acceptors (Lipinski definition) is 6. The number of carbonyl (C=O) groups is 3. The van der Waals surface area contributed by atoms with Gasteiger partial charge in [-0.25, -0.2) is 0 Å². The van der Waals surface area contributed by atoms with E-state index in [1.54, 1.807) is 0 Å². The molecular weight excluding hydrogens is 925 g/mol. The van der Waals surface area contributed by atoms with Crippen molar-refractivity contribution in [3.8, 4) is 0 Å². The first-order chi connectivity index (χ1) is 37.0. The van der Waals surface area contributed by atoms with Crippen LogP contribution in [0.3, 0.4) is 0 Å². The summed E-state index contributed by atoms with van der Waals surface area (Å²) in [4.78, 5) is 38.3. The van der Waals surface area contributed by atoms with Gasteiger partial charge in [0.2, 0.25) is 0 Å². The van der Waals surface area contributed by atoms with Gasteiger partial charge in [-0.3, -0.25) is 14.4 Å². The number of rotatable bonds is 61. The molecule has 0 aliphatic carbocycles. The Morgan fingerprint density at radius 1 is 0.280 bits per heavy atom. The van der Waals surface area contributed by atoms with Gasteiger partial charge in [-0.2, -0.15) is 0 Å². The van der Waals surface area contributed by atoms with Crippen molar-refractivity contribution in [3.63, 3.8) is 0 Å². The van der Waals surface area contributed by atoms with Crippen LogP contribution in [0.4, 0.5) is 0 Å². The molecule has 0 heterocycles. The van der Waals surface area contributed by atoms with Crippen molar-refractivity contribution in [2.75, 3.05) is 13.2 Å². The maximum Gasteiger partial charge on any atom is 0.306 e. The highest BCUT2D eigenvalue weighted by Crippen LogP contribution is 2.18. The zero-order valence-corrected chi connectivity index (χ0v) is 50.3. The van der Waals surface area contributed by atoms with Crippen molar-refractivity contribution < 1.29 is 28.6 Å². The molecule has 0 aliphatic rings. The van der Waals surface area contributed by atoms with E-state index >= 15 is 0 Å². The lowest BCUT2D eigenvalue weighted by molar-refractivity contribution is -0.167. The Balaban J connectivity index is 4.15. The summed E-state index contributed by atoms with van der Waals surface area (Å²) < 4.78 is 16.9. The topological polar surface area (TPSA) is 78.9 Å². The monoisotopic (exact) mass is 1050 g/mol. The molecule has 1 unspecified atom stereocenters. The van der Waals surface area contributed by atoms with Gasteiger partial charge >= 0.3 is 17.9 Å². The van der Waals surface area contributed by atoms with E-state index in [1.807, 2.05) is 0 Å². The molecule has 0 rings (SSSR count). The van der Waals surface area contributed by atoms with E-state index in [0.717, 1.165) is 83.5 Å². The Labute approximate surface area is 467 Å². The van der Waals surface area contributed by atoms with Crippen LogP contribution in [0.25, 0.3) is 0 Å². The van der Waals surface area contributed by atoms with Gasteiger partial charge in [0.25, 0.3) is 0 Å². The number of ether oxygens (including phenoxy) is 3. The molecule has 0 saturated heterocycles. The Kier molecular flexibility index (Phi) is 61.7. The molecule has 0 aromatic carbocycles. The zero-order valence-electron chi connectivity index (χ0n) is 50.3. The third-order valence-corrected chi connectivity index (χ3v) is 14.8. The minimum Gasteiger partial charge on any atom is -0.462 e. The highest BCUT2D eigenvalue weighted by Gasteiger charge is 2.19. The van der Waals surface area contributed by atoms with Crippen LogP contribution in [0.2, 0.25) is 0 Å². The van der Waals surface area contributed by atoms with E-state index in [2.05, 4.69) is 69.4 Å². The van der Waals surface area contributed by atoms with E-state index in [4.69, 9.17) is 14.2 Å². The summed E-state index contributed by atoms with van der Waals surface area (Å²) in [6, 6.07) is 0. The quantitative estimate of drug-likeness (QED) is 0.0261. The molecule has 6 nitrogen and oxygen atoms in total. The third kappa shape index (κ3) is 62.1. The molecule has 1 atom stereocenters. The Hall–Kier alpha value is -2.63. The molecule has 0 bridgehead atoms. The molecule has 0 aliphatic heterocycles. The molecule has 438 valence electrons. The molecule has 0 aromatic rings. The lowest BCUT2D eigenvalue weighted by Gasteiger charge is -2.18. The third-order valence-electron chi connectivity index (χ3n) is 14.8. The average molecular weight is 1050 g/mol. The van der Waals surface area contributed by atoms with E-state index in [-0.39, 0.29) is 31.1 Å². The maximum absolute atomic E-state index is 12.9. The van der Waals surface area contributed by atoms with Crippen LogP contribution in [0, 0.1) is 0 Å². The Morgan fingerprint density at radius 3 is 0.813 bits per heavy atom. The van der Waals surface area contributed by atoms with Gasteiger partial charge in [0.15, 0.2) is 6.10 Å². The number of carbonyl (C=O) groups excluding carboxylic acids is 3. The largest absolute Gasteiger partial charge is 0.462 e. The summed E-state index contributed by atoms with van der Waals surface area (Å²) in [5, 5.41) is 0. The SMILES string of the molecule is CC/C=C\C/C=C\C/C=C\C/C=C\CCCCCCCCCCCCCCCCCCC(=O)OCC(COC(=O)CCCCCCCCCCCCC)OC(=O)CCCCCCCCCCCCCCCCCCC. The first-order valence-corrected chi connectivity index (χ1v) is 33.1. The predicted molar refractivity (Wildman–Crippen MR) is 325 cm³/mol. The minimum absolute atomic E-state index is 0.0659. The predicted octanol–water partition coefficient (Wildman–Crippen LogP) is 22.6. The fourth-order valence-electron chi connectivity index (χ4n) is 9.91. The van der Waals surface area contributed by atoms with Crippen molar-refractivity contribution in [3.05, 3.63) is 48.6 Å². The molecule has 0 N–H and O–H groups in total. The number of allylic oxidation sites excluding steroid dienone is 8. The molecule has 0 fully saturated rings. The summed E-state index contributed by atoms with van der Waals surface area (Å²) >= 11 is 0. The van der Waals surface area contributed by atoms with Crippen LogP contribution in [0.15, 0.2) is 48.6 Å². The van der Waals surface area contributed by atoms with Gasteiger partial charge in [-0.15, -0.1) is 0 Å². The van der Waals surface area contributed by atoms with Crippen molar-refractivity contribution >= 4 is 17.9 Å². The molecule has 0 spiro atoms. The summed E-state index contributed by atoms with van der Waals surface area (Å²) in [7, 11) is 0. The fourth-order valence-corrected chi connectivity index (χ4v) is 9.91. The average Bonchev–Trinajstić information content (AvgIpc) is 3.41. The van der Waals surface area contributed by atoms with Gasteiger partial charge in [0, 0.05) is 19.3 Å². The van der Waals surface area contributed by atoms with Crippen molar-refractivity contribution in [2.24, 2.45) is 0 Å².